The lowest BCUT2D eigenvalue weighted by Gasteiger charge is -2.08. The van der Waals surface area contributed by atoms with Gasteiger partial charge in [0.15, 0.2) is 6.04 Å². The summed E-state index contributed by atoms with van der Waals surface area (Å²) in [5.74, 6) is -0.301. The van der Waals surface area contributed by atoms with E-state index in [1.54, 1.807) is 0 Å². The lowest BCUT2D eigenvalue weighted by Crippen LogP contribution is -2.65. The average molecular weight is 295 g/mol. The molecule has 1 aromatic rings. The second kappa shape index (κ2) is 9.77. The van der Waals surface area contributed by atoms with Crippen LogP contribution < -0.4 is 11.1 Å². The van der Waals surface area contributed by atoms with Gasteiger partial charge in [0.05, 0.1) is 7.11 Å². The van der Waals surface area contributed by atoms with Crippen LogP contribution in [0, 0.1) is 0 Å². The number of carbonyl (C=O) groups is 2. The first-order valence-corrected chi connectivity index (χ1v) is 6.99. The Morgan fingerprint density at radius 2 is 1.95 bits per heavy atom. The van der Waals surface area contributed by atoms with Crippen LogP contribution in [0.4, 0.5) is 4.79 Å². The molecule has 1 rings (SSSR count). The maximum Gasteiger partial charge on any atom is 0.407 e. The molecule has 0 aromatic heterocycles. The van der Waals surface area contributed by atoms with Crippen LogP contribution in [-0.2, 0) is 20.9 Å². The molecule has 0 bridgehead atoms. The zero-order chi connectivity index (χ0) is 15.5. The van der Waals surface area contributed by atoms with Gasteiger partial charge < -0.3 is 20.5 Å². The van der Waals surface area contributed by atoms with Gasteiger partial charge in [-0.15, -0.1) is 0 Å². The molecule has 0 aliphatic carbocycles. The van der Waals surface area contributed by atoms with Crippen molar-refractivity contribution in [3.8, 4) is 0 Å². The molecule has 0 radical (unpaired) electrons. The number of carbonyl (C=O) groups excluding carboxylic acids is 2. The summed E-state index contributed by atoms with van der Waals surface area (Å²) in [4.78, 5) is 22.6. The summed E-state index contributed by atoms with van der Waals surface area (Å²) in [6, 6.07) is 9.15. The minimum atomic E-state index is -0.432. The predicted molar refractivity (Wildman–Crippen MR) is 77.2 cm³/mol. The molecule has 0 heterocycles. The molecule has 6 nitrogen and oxygen atoms in total. The van der Waals surface area contributed by atoms with Crippen LogP contribution in [0.2, 0.25) is 0 Å². The average Bonchev–Trinajstić information content (AvgIpc) is 2.52. The van der Waals surface area contributed by atoms with Gasteiger partial charge in [0.1, 0.15) is 6.61 Å². The molecule has 1 atom stereocenters. The van der Waals surface area contributed by atoms with Crippen LogP contribution >= 0.6 is 0 Å². The van der Waals surface area contributed by atoms with Crippen molar-refractivity contribution in [2.75, 3.05) is 13.7 Å². The molecule has 4 N–H and O–H groups in total. The van der Waals surface area contributed by atoms with Gasteiger partial charge in [0.2, 0.25) is 0 Å². The Kier molecular flexibility index (Phi) is 7.89. The highest BCUT2D eigenvalue weighted by Crippen LogP contribution is 2.01. The van der Waals surface area contributed by atoms with E-state index in [4.69, 9.17) is 4.74 Å². The number of benzene rings is 1. The standard InChI is InChI=1S/C15H22N2O4/c1-20-14(18)13(16)9-5-6-10-17-15(19)21-11-12-7-3-2-4-8-12/h2-4,7-8,13H,5-6,9-11,16H2,1H3,(H,17,19)/p+1/t13-/m0/s1. The zero-order valence-corrected chi connectivity index (χ0v) is 12.3. The molecule has 0 aliphatic rings. The number of esters is 1. The van der Waals surface area contributed by atoms with Crippen molar-refractivity contribution in [2.45, 2.75) is 31.9 Å². The molecule has 0 saturated heterocycles. The van der Waals surface area contributed by atoms with Crippen molar-refractivity contribution in [2.24, 2.45) is 0 Å². The van der Waals surface area contributed by atoms with E-state index in [9.17, 15) is 9.59 Å². The molecule has 1 aromatic carbocycles. The van der Waals surface area contributed by atoms with Crippen LogP contribution in [0.5, 0.6) is 0 Å². The lowest BCUT2D eigenvalue weighted by molar-refractivity contribution is -0.409. The second-order valence-electron chi connectivity index (χ2n) is 4.70. The van der Waals surface area contributed by atoms with E-state index in [1.165, 1.54) is 7.11 Å². The number of methoxy groups -OCH3 is 1. The van der Waals surface area contributed by atoms with Crippen LogP contribution in [-0.4, -0.2) is 31.8 Å². The molecular weight excluding hydrogens is 272 g/mol. The minimum absolute atomic E-state index is 0.260. The van der Waals surface area contributed by atoms with Gasteiger partial charge in [-0.25, -0.2) is 9.59 Å². The van der Waals surface area contributed by atoms with Gasteiger partial charge in [-0.3, -0.25) is 0 Å². The molecule has 1 amide bonds. The monoisotopic (exact) mass is 295 g/mol. The number of quaternary nitrogens is 1. The van der Waals surface area contributed by atoms with Crippen molar-refractivity contribution in [3.05, 3.63) is 35.9 Å². The molecule has 21 heavy (non-hydrogen) atoms. The largest absolute Gasteiger partial charge is 0.465 e. The van der Waals surface area contributed by atoms with Crippen molar-refractivity contribution < 1.29 is 24.8 Å². The summed E-state index contributed by atoms with van der Waals surface area (Å²) in [5.41, 5.74) is 4.67. The maximum absolute atomic E-state index is 11.4. The quantitative estimate of drug-likeness (QED) is 0.550. The van der Waals surface area contributed by atoms with Gasteiger partial charge >= 0.3 is 12.1 Å². The number of alkyl carbamates (subject to hydrolysis) is 1. The Morgan fingerprint density at radius 3 is 2.62 bits per heavy atom. The third kappa shape index (κ3) is 7.31. The Bertz CT molecular complexity index is 437. The van der Waals surface area contributed by atoms with E-state index in [0.29, 0.717) is 13.0 Å². The van der Waals surface area contributed by atoms with Crippen LogP contribution in [0.15, 0.2) is 30.3 Å². The first-order valence-electron chi connectivity index (χ1n) is 6.99. The Hall–Kier alpha value is -2.08. The molecule has 0 saturated carbocycles. The SMILES string of the molecule is COC(=O)[C@@H]([NH3+])CCCCNC(=O)OCc1ccccc1. The highest BCUT2D eigenvalue weighted by atomic mass is 16.5. The third-order valence-electron chi connectivity index (χ3n) is 3.00. The van der Waals surface area contributed by atoms with Gasteiger partial charge in [-0.05, 0) is 18.4 Å². The fourth-order valence-electron chi connectivity index (χ4n) is 1.76. The number of nitrogens with one attached hydrogen (secondary N) is 1. The highest BCUT2D eigenvalue weighted by molar-refractivity contribution is 5.73. The van der Waals surface area contributed by atoms with Crippen molar-refractivity contribution in [3.63, 3.8) is 0 Å². The molecule has 0 aliphatic heterocycles. The van der Waals surface area contributed by atoms with E-state index in [2.05, 4.69) is 15.8 Å². The normalized spacial score (nSPS) is 11.5. The predicted octanol–water partition coefficient (Wildman–Crippen LogP) is 0.867. The van der Waals surface area contributed by atoms with Crippen LogP contribution in [0.3, 0.4) is 0 Å². The third-order valence-corrected chi connectivity index (χ3v) is 3.00. The zero-order valence-electron chi connectivity index (χ0n) is 12.3. The highest BCUT2D eigenvalue weighted by Gasteiger charge is 2.16. The number of hydrogen-bond acceptors (Lipinski definition) is 4. The first-order chi connectivity index (χ1) is 10.1. The smallest absolute Gasteiger partial charge is 0.407 e. The summed E-state index contributed by atoms with van der Waals surface area (Å²) in [7, 11) is 1.35. The molecular formula is C15H23N2O4+. The number of amides is 1. The van der Waals surface area contributed by atoms with Gasteiger partial charge in [0, 0.05) is 13.0 Å². The Morgan fingerprint density at radius 1 is 1.24 bits per heavy atom. The fourth-order valence-corrected chi connectivity index (χ4v) is 1.76. The molecule has 6 heteroatoms. The molecule has 0 fully saturated rings. The van der Waals surface area contributed by atoms with Crippen molar-refractivity contribution in [1.29, 1.82) is 0 Å². The van der Waals surface area contributed by atoms with Gasteiger partial charge in [-0.1, -0.05) is 30.3 Å². The van der Waals surface area contributed by atoms with Crippen LogP contribution in [0.25, 0.3) is 0 Å². The van der Waals surface area contributed by atoms with E-state index < -0.39 is 6.09 Å². The maximum atomic E-state index is 11.4. The Labute approximate surface area is 124 Å². The number of unbranched alkanes of at least 4 members (excludes halogenated alkanes) is 1. The Balaban J connectivity index is 2.05. The van der Waals surface area contributed by atoms with E-state index >= 15 is 0 Å². The summed E-state index contributed by atoms with van der Waals surface area (Å²) in [6.07, 6.45) is 1.78. The topological polar surface area (TPSA) is 92.3 Å². The summed E-state index contributed by atoms with van der Waals surface area (Å²) < 4.78 is 9.66. The van der Waals surface area contributed by atoms with Gasteiger partial charge in [0.25, 0.3) is 0 Å². The molecule has 0 unspecified atom stereocenters. The molecule has 116 valence electrons. The van der Waals surface area contributed by atoms with E-state index in [1.807, 2.05) is 30.3 Å². The minimum Gasteiger partial charge on any atom is -0.465 e. The second-order valence-corrected chi connectivity index (χ2v) is 4.70. The fraction of sp³-hybridized carbons (Fsp3) is 0.467. The summed E-state index contributed by atoms with van der Waals surface area (Å²) in [6.45, 7) is 0.775. The van der Waals surface area contributed by atoms with E-state index in [-0.39, 0.29) is 18.6 Å². The number of rotatable bonds is 8. The van der Waals surface area contributed by atoms with Gasteiger partial charge in [-0.2, -0.15) is 0 Å². The van der Waals surface area contributed by atoms with Crippen LogP contribution in [0.1, 0.15) is 24.8 Å². The first kappa shape index (κ1) is 17.0. The summed E-state index contributed by atoms with van der Waals surface area (Å²) in [5, 5.41) is 2.67. The summed E-state index contributed by atoms with van der Waals surface area (Å²) >= 11 is 0. The molecule has 0 spiro atoms. The number of hydrogen-bond donors (Lipinski definition) is 2. The number of ether oxygens (including phenoxy) is 2. The van der Waals surface area contributed by atoms with E-state index in [0.717, 1.165) is 18.4 Å². The van der Waals surface area contributed by atoms with Crippen molar-refractivity contribution in [1.82, 2.24) is 5.32 Å². The van der Waals surface area contributed by atoms with Crippen molar-refractivity contribution >= 4 is 12.1 Å². The lowest BCUT2D eigenvalue weighted by atomic mass is 10.1.